The molecule has 1 unspecified atom stereocenters. The van der Waals surface area contributed by atoms with Gasteiger partial charge in [-0.2, -0.15) is 0 Å². The smallest absolute Gasteiger partial charge is 0.119 e. The van der Waals surface area contributed by atoms with Crippen LogP contribution < -0.4 is 10.1 Å². The summed E-state index contributed by atoms with van der Waals surface area (Å²) in [5.41, 5.74) is 1.26. The molecule has 0 amide bonds. The van der Waals surface area contributed by atoms with Gasteiger partial charge in [-0.1, -0.05) is 51.7 Å². The average Bonchev–Trinajstić information content (AvgIpc) is 2.48. The third-order valence-electron chi connectivity index (χ3n) is 3.81. The van der Waals surface area contributed by atoms with Crippen LogP contribution in [0.1, 0.15) is 64.4 Å². The van der Waals surface area contributed by atoms with Gasteiger partial charge in [0, 0.05) is 6.04 Å². The summed E-state index contributed by atoms with van der Waals surface area (Å²) in [6.45, 7) is 8.51. The van der Waals surface area contributed by atoms with Crippen LogP contribution >= 0.6 is 0 Å². The highest BCUT2D eigenvalue weighted by atomic mass is 16.5. The van der Waals surface area contributed by atoms with Gasteiger partial charge < -0.3 is 10.1 Å². The van der Waals surface area contributed by atoms with E-state index < -0.39 is 0 Å². The van der Waals surface area contributed by atoms with Crippen LogP contribution in [0, 0.1) is 6.92 Å². The third-order valence-corrected chi connectivity index (χ3v) is 3.81. The molecule has 0 aliphatic rings. The lowest BCUT2D eigenvalue weighted by Crippen LogP contribution is -2.31. The maximum absolute atomic E-state index is 5.88. The Morgan fingerprint density at radius 1 is 1.05 bits per heavy atom. The fraction of sp³-hybridized carbons (Fsp3) is 0.684. The molecule has 0 aromatic heterocycles. The second kappa shape index (κ2) is 11.6. The quantitative estimate of drug-likeness (QED) is 0.541. The van der Waals surface area contributed by atoms with Crippen molar-refractivity contribution in [1.82, 2.24) is 5.32 Å². The molecule has 0 aliphatic carbocycles. The average molecular weight is 291 g/mol. The van der Waals surface area contributed by atoms with E-state index in [1.807, 2.05) is 6.07 Å². The van der Waals surface area contributed by atoms with Crippen molar-refractivity contribution in [2.24, 2.45) is 0 Å². The molecule has 0 heterocycles. The minimum Gasteiger partial charge on any atom is -0.494 e. The Balaban J connectivity index is 2.27. The number of ether oxygens (including phenoxy) is 1. The lowest BCUT2D eigenvalue weighted by Gasteiger charge is -2.19. The van der Waals surface area contributed by atoms with Crippen molar-refractivity contribution in [1.29, 1.82) is 0 Å². The summed E-state index contributed by atoms with van der Waals surface area (Å²) in [4.78, 5) is 0. The van der Waals surface area contributed by atoms with E-state index in [-0.39, 0.29) is 0 Å². The van der Waals surface area contributed by atoms with Gasteiger partial charge in [0.15, 0.2) is 0 Å². The van der Waals surface area contributed by atoms with Gasteiger partial charge in [-0.3, -0.25) is 0 Å². The maximum atomic E-state index is 5.88. The second-order valence-corrected chi connectivity index (χ2v) is 5.95. The molecule has 0 bridgehead atoms. The molecular weight excluding hydrogens is 258 g/mol. The maximum Gasteiger partial charge on any atom is 0.119 e. The number of hydrogen-bond donors (Lipinski definition) is 1. The zero-order valence-electron chi connectivity index (χ0n) is 14.2. The standard InChI is InChI=1S/C19H33NO/c1-4-6-7-8-11-18(20-14-5-2)13-15-21-19-12-9-10-17(3)16-19/h9-10,12,16,18,20H,4-8,11,13-15H2,1-3H3. The van der Waals surface area contributed by atoms with Crippen LogP contribution in [0.5, 0.6) is 5.75 Å². The van der Waals surface area contributed by atoms with Gasteiger partial charge in [0.2, 0.25) is 0 Å². The number of unbranched alkanes of at least 4 members (excludes halogenated alkanes) is 3. The van der Waals surface area contributed by atoms with Gasteiger partial charge in [-0.25, -0.2) is 0 Å². The van der Waals surface area contributed by atoms with Crippen LogP contribution in [0.15, 0.2) is 24.3 Å². The van der Waals surface area contributed by atoms with Crippen LogP contribution in [0.3, 0.4) is 0 Å². The molecule has 1 atom stereocenters. The Morgan fingerprint density at radius 2 is 1.90 bits per heavy atom. The van der Waals surface area contributed by atoms with Gasteiger partial charge >= 0.3 is 0 Å². The topological polar surface area (TPSA) is 21.3 Å². The van der Waals surface area contributed by atoms with Gasteiger partial charge in [0.1, 0.15) is 5.75 Å². The minimum absolute atomic E-state index is 0.603. The molecule has 0 saturated carbocycles. The van der Waals surface area contributed by atoms with E-state index in [0.29, 0.717) is 6.04 Å². The highest BCUT2D eigenvalue weighted by Gasteiger charge is 2.07. The number of aryl methyl sites for hydroxylation is 1. The summed E-state index contributed by atoms with van der Waals surface area (Å²) in [6.07, 6.45) is 8.93. The van der Waals surface area contributed by atoms with Crippen molar-refractivity contribution in [2.75, 3.05) is 13.2 Å². The summed E-state index contributed by atoms with van der Waals surface area (Å²) in [7, 11) is 0. The molecule has 0 spiro atoms. The predicted molar refractivity (Wildman–Crippen MR) is 92.1 cm³/mol. The summed E-state index contributed by atoms with van der Waals surface area (Å²) >= 11 is 0. The molecule has 0 fully saturated rings. The van der Waals surface area contributed by atoms with Gasteiger partial charge in [-0.15, -0.1) is 0 Å². The van der Waals surface area contributed by atoms with Gasteiger partial charge in [0.05, 0.1) is 6.61 Å². The van der Waals surface area contributed by atoms with Crippen LogP contribution in [-0.2, 0) is 0 Å². The van der Waals surface area contributed by atoms with Crippen LogP contribution in [0.4, 0.5) is 0 Å². The normalized spacial score (nSPS) is 12.3. The number of benzene rings is 1. The first-order chi connectivity index (χ1) is 10.3. The SMILES string of the molecule is CCCCCCC(CCOc1cccc(C)c1)NCCC. The minimum atomic E-state index is 0.603. The van der Waals surface area contributed by atoms with Crippen molar-refractivity contribution in [3.63, 3.8) is 0 Å². The lowest BCUT2D eigenvalue weighted by molar-refractivity contribution is 0.278. The fourth-order valence-corrected chi connectivity index (χ4v) is 2.54. The van der Waals surface area contributed by atoms with E-state index >= 15 is 0 Å². The first-order valence-corrected chi connectivity index (χ1v) is 8.69. The first kappa shape index (κ1) is 18.0. The Morgan fingerprint density at radius 3 is 2.62 bits per heavy atom. The number of nitrogens with one attached hydrogen (secondary N) is 1. The highest BCUT2D eigenvalue weighted by molar-refractivity contribution is 5.27. The van der Waals surface area contributed by atoms with Crippen LogP contribution in [0.2, 0.25) is 0 Å². The van der Waals surface area contributed by atoms with Crippen molar-refractivity contribution in [3.05, 3.63) is 29.8 Å². The predicted octanol–water partition coefficient (Wildman–Crippen LogP) is 5.10. The molecule has 1 aromatic rings. The van der Waals surface area contributed by atoms with E-state index in [0.717, 1.165) is 25.3 Å². The Labute approximate surface area is 131 Å². The molecule has 0 aliphatic heterocycles. The number of hydrogen-bond acceptors (Lipinski definition) is 2. The highest BCUT2D eigenvalue weighted by Crippen LogP contribution is 2.14. The van der Waals surface area contributed by atoms with E-state index in [9.17, 15) is 0 Å². The van der Waals surface area contributed by atoms with Crippen molar-refractivity contribution in [2.45, 2.75) is 71.8 Å². The Bertz CT molecular complexity index is 364. The summed E-state index contributed by atoms with van der Waals surface area (Å²) in [6, 6.07) is 8.92. The molecule has 1 rings (SSSR count). The van der Waals surface area contributed by atoms with E-state index in [2.05, 4.69) is 44.3 Å². The zero-order chi connectivity index (χ0) is 15.3. The summed E-state index contributed by atoms with van der Waals surface area (Å²) in [5, 5.41) is 3.66. The summed E-state index contributed by atoms with van der Waals surface area (Å²) in [5.74, 6) is 0.996. The number of rotatable bonds is 12. The second-order valence-electron chi connectivity index (χ2n) is 5.95. The monoisotopic (exact) mass is 291 g/mol. The van der Waals surface area contributed by atoms with Crippen LogP contribution in [-0.4, -0.2) is 19.2 Å². The van der Waals surface area contributed by atoms with Crippen LogP contribution in [0.25, 0.3) is 0 Å². The molecule has 1 N–H and O–H groups in total. The largest absolute Gasteiger partial charge is 0.494 e. The fourth-order valence-electron chi connectivity index (χ4n) is 2.54. The van der Waals surface area contributed by atoms with Gasteiger partial charge in [-0.05, 0) is 50.4 Å². The molecule has 1 aromatic carbocycles. The summed E-state index contributed by atoms with van der Waals surface area (Å²) < 4.78 is 5.88. The molecule has 0 radical (unpaired) electrons. The van der Waals surface area contributed by atoms with E-state index in [1.165, 1.54) is 44.1 Å². The van der Waals surface area contributed by atoms with E-state index in [4.69, 9.17) is 4.74 Å². The van der Waals surface area contributed by atoms with Gasteiger partial charge in [0.25, 0.3) is 0 Å². The van der Waals surface area contributed by atoms with E-state index in [1.54, 1.807) is 0 Å². The molecule has 120 valence electrons. The molecule has 2 nitrogen and oxygen atoms in total. The Kier molecular flexibility index (Phi) is 9.98. The third kappa shape index (κ3) is 8.77. The lowest BCUT2D eigenvalue weighted by atomic mass is 10.0. The van der Waals surface area contributed by atoms with Crippen molar-refractivity contribution >= 4 is 0 Å². The first-order valence-electron chi connectivity index (χ1n) is 8.69. The molecule has 21 heavy (non-hydrogen) atoms. The zero-order valence-corrected chi connectivity index (χ0v) is 14.2. The molecule has 0 saturated heterocycles. The Hall–Kier alpha value is -1.02. The van der Waals surface area contributed by atoms with Crippen molar-refractivity contribution < 1.29 is 4.74 Å². The molecular formula is C19H33NO. The van der Waals surface area contributed by atoms with Crippen molar-refractivity contribution in [3.8, 4) is 5.75 Å². The molecule has 2 heteroatoms.